The highest BCUT2D eigenvalue weighted by atomic mass is 32.2. The van der Waals surface area contributed by atoms with E-state index in [0.29, 0.717) is 12.2 Å². The third kappa shape index (κ3) is 6.05. The van der Waals surface area contributed by atoms with Crippen molar-refractivity contribution in [1.29, 1.82) is 0 Å². The Bertz CT molecular complexity index is 1910. The number of anilines is 1. The van der Waals surface area contributed by atoms with E-state index in [1.54, 1.807) is 30.5 Å². The third-order valence-electron chi connectivity index (χ3n) is 6.37. The Morgan fingerprint density at radius 3 is 1.93 bits per heavy atom. The fourth-order valence-corrected chi connectivity index (χ4v) is 5.47. The number of benzene rings is 3. The molecular weight excluding hydrogens is 548 g/mol. The molecule has 0 atom stereocenters. The van der Waals surface area contributed by atoms with Gasteiger partial charge >= 0.3 is 6.03 Å². The fourth-order valence-electron chi connectivity index (χ4n) is 4.20. The second-order valence-corrected chi connectivity index (χ2v) is 13.4. The van der Waals surface area contributed by atoms with Crippen molar-refractivity contribution < 1.29 is 21.6 Å². The highest BCUT2D eigenvalue weighted by Crippen LogP contribution is 2.26. The average molecular weight is 575 g/mol. The molecule has 0 unspecified atom stereocenters. The maximum absolute atomic E-state index is 12.3. The summed E-state index contributed by atoms with van der Waals surface area (Å²) >= 11 is 0. The topological polar surface area (TPSA) is 127 Å². The number of hydrogen-bond acceptors (Lipinski definition) is 6. The molecule has 0 aliphatic rings. The summed E-state index contributed by atoms with van der Waals surface area (Å²) in [5.41, 5.74) is 5.83. The Morgan fingerprint density at radius 1 is 0.750 bits per heavy atom. The van der Waals surface area contributed by atoms with E-state index in [9.17, 15) is 21.6 Å². The minimum atomic E-state index is -3.30. The van der Waals surface area contributed by atoms with Gasteiger partial charge in [0.15, 0.2) is 19.7 Å². The zero-order chi connectivity index (χ0) is 28.5. The van der Waals surface area contributed by atoms with Crippen molar-refractivity contribution >= 4 is 37.0 Å². The number of carbonyl (C=O) groups is 1. The molecule has 0 radical (unpaired) electrons. The quantitative estimate of drug-likeness (QED) is 0.288. The third-order valence-corrected chi connectivity index (χ3v) is 8.63. The maximum atomic E-state index is 12.3. The standard InChI is InChI=1S/C29H26N4O5S2/c1-39(35,36)25-11-7-21(8-12-25)23-15-16-33-27(19-30-28(33)17-23)22-5-3-20(4-6-22)18-31-29(34)32-24-9-13-26(14-10-24)40(2,37)38/h3-17,19H,18H2,1-2H3,(H2,31,32,34). The number of amides is 2. The van der Waals surface area contributed by atoms with Gasteiger partial charge in [-0.3, -0.25) is 4.40 Å². The predicted octanol–water partition coefficient (Wildman–Crippen LogP) is 4.80. The monoisotopic (exact) mass is 574 g/mol. The Kier molecular flexibility index (Phi) is 7.17. The van der Waals surface area contributed by atoms with Gasteiger partial charge in [-0.1, -0.05) is 36.4 Å². The molecule has 2 aromatic heterocycles. The van der Waals surface area contributed by atoms with Gasteiger partial charge in [-0.05, 0) is 65.2 Å². The lowest BCUT2D eigenvalue weighted by molar-refractivity contribution is 0.251. The van der Waals surface area contributed by atoms with Crippen molar-refractivity contribution in [3.63, 3.8) is 0 Å². The Balaban J connectivity index is 1.23. The van der Waals surface area contributed by atoms with E-state index in [-0.39, 0.29) is 9.79 Å². The molecule has 9 nitrogen and oxygen atoms in total. The molecule has 0 fully saturated rings. The van der Waals surface area contributed by atoms with Crippen LogP contribution in [0.15, 0.2) is 107 Å². The summed E-state index contributed by atoms with van der Waals surface area (Å²) in [7, 11) is -6.55. The molecule has 11 heteroatoms. The minimum absolute atomic E-state index is 0.186. The zero-order valence-electron chi connectivity index (χ0n) is 21.7. The molecule has 0 bridgehead atoms. The van der Waals surface area contributed by atoms with Crippen LogP contribution in [-0.4, -0.2) is 44.8 Å². The lowest BCUT2D eigenvalue weighted by Gasteiger charge is -2.09. The van der Waals surface area contributed by atoms with Crippen LogP contribution in [0.5, 0.6) is 0 Å². The van der Waals surface area contributed by atoms with Crippen molar-refractivity contribution in [1.82, 2.24) is 14.7 Å². The van der Waals surface area contributed by atoms with Gasteiger partial charge in [0, 0.05) is 36.5 Å². The van der Waals surface area contributed by atoms with Crippen LogP contribution in [0.25, 0.3) is 28.0 Å². The molecule has 0 spiro atoms. The number of pyridine rings is 1. The van der Waals surface area contributed by atoms with Crippen molar-refractivity contribution in [2.75, 3.05) is 17.8 Å². The smallest absolute Gasteiger partial charge is 0.319 e. The van der Waals surface area contributed by atoms with Crippen molar-refractivity contribution in [2.45, 2.75) is 16.3 Å². The molecule has 3 aromatic carbocycles. The predicted molar refractivity (Wildman–Crippen MR) is 155 cm³/mol. The molecule has 0 aliphatic heterocycles. The SMILES string of the molecule is CS(=O)(=O)c1ccc(NC(=O)NCc2ccc(-c3cnc4cc(-c5ccc(S(C)(=O)=O)cc5)ccn34)cc2)cc1. The second-order valence-electron chi connectivity index (χ2n) is 9.38. The summed E-state index contributed by atoms with van der Waals surface area (Å²) in [4.78, 5) is 17.3. The van der Waals surface area contributed by atoms with Gasteiger partial charge < -0.3 is 10.6 Å². The van der Waals surface area contributed by atoms with Crippen LogP contribution in [-0.2, 0) is 26.2 Å². The van der Waals surface area contributed by atoms with Gasteiger partial charge in [0.25, 0.3) is 0 Å². The molecule has 5 aromatic rings. The number of rotatable bonds is 7. The first kappa shape index (κ1) is 27.1. The van der Waals surface area contributed by atoms with Crippen molar-refractivity contribution in [3.8, 4) is 22.4 Å². The van der Waals surface area contributed by atoms with Gasteiger partial charge in [-0.25, -0.2) is 26.6 Å². The summed E-state index contributed by atoms with van der Waals surface area (Å²) in [5, 5.41) is 5.48. The van der Waals surface area contributed by atoms with E-state index in [2.05, 4.69) is 15.6 Å². The van der Waals surface area contributed by atoms with E-state index in [4.69, 9.17) is 0 Å². The summed E-state index contributed by atoms with van der Waals surface area (Å²) in [6, 6.07) is 24.0. The van der Waals surface area contributed by atoms with Crippen LogP contribution in [0.4, 0.5) is 10.5 Å². The maximum Gasteiger partial charge on any atom is 0.319 e. The molecule has 2 heterocycles. The highest BCUT2D eigenvalue weighted by Gasteiger charge is 2.11. The largest absolute Gasteiger partial charge is 0.334 e. The number of imidazole rings is 1. The van der Waals surface area contributed by atoms with E-state index >= 15 is 0 Å². The summed E-state index contributed by atoms with van der Waals surface area (Å²) in [6.45, 7) is 0.308. The number of hydrogen-bond donors (Lipinski definition) is 2. The van der Waals surface area contributed by atoms with E-state index in [1.165, 1.54) is 30.5 Å². The van der Waals surface area contributed by atoms with Gasteiger partial charge in [0.1, 0.15) is 5.65 Å². The Labute approximate surface area is 232 Å². The molecule has 204 valence electrons. The molecule has 2 amide bonds. The van der Waals surface area contributed by atoms with E-state index < -0.39 is 25.7 Å². The van der Waals surface area contributed by atoms with Crippen LogP contribution in [0.1, 0.15) is 5.56 Å². The first-order chi connectivity index (χ1) is 19.0. The molecule has 0 saturated carbocycles. The van der Waals surface area contributed by atoms with Crippen molar-refractivity contribution in [3.05, 3.63) is 103 Å². The lowest BCUT2D eigenvalue weighted by atomic mass is 10.1. The van der Waals surface area contributed by atoms with Gasteiger partial charge in [-0.2, -0.15) is 0 Å². The number of nitrogens with zero attached hydrogens (tertiary/aromatic N) is 2. The van der Waals surface area contributed by atoms with Gasteiger partial charge in [0.05, 0.1) is 21.7 Å². The summed E-state index contributed by atoms with van der Waals surface area (Å²) in [5.74, 6) is 0. The lowest BCUT2D eigenvalue weighted by Crippen LogP contribution is -2.28. The first-order valence-electron chi connectivity index (χ1n) is 12.2. The number of fused-ring (bicyclic) bond motifs is 1. The number of urea groups is 1. The molecule has 0 aliphatic carbocycles. The normalized spacial score (nSPS) is 11.8. The van der Waals surface area contributed by atoms with Crippen LogP contribution in [0.2, 0.25) is 0 Å². The number of carbonyl (C=O) groups excluding carboxylic acids is 1. The molecule has 40 heavy (non-hydrogen) atoms. The van der Waals surface area contributed by atoms with Gasteiger partial charge in [-0.15, -0.1) is 0 Å². The average Bonchev–Trinajstić information content (AvgIpc) is 3.35. The number of nitrogens with one attached hydrogen (secondary N) is 2. The Morgan fingerprint density at radius 2 is 1.32 bits per heavy atom. The fraction of sp³-hybridized carbons (Fsp3) is 0.103. The van der Waals surface area contributed by atoms with Crippen LogP contribution in [0.3, 0.4) is 0 Å². The van der Waals surface area contributed by atoms with Crippen LogP contribution < -0.4 is 10.6 Å². The molecule has 5 rings (SSSR count). The van der Waals surface area contributed by atoms with Crippen molar-refractivity contribution in [2.24, 2.45) is 0 Å². The number of sulfone groups is 2. The van der Waals surface area contributed by atoms with E-state index in [1.807, 2.05) is 47.0 Å². The molecule has 2 N–H and O–H groups in total. The molecule has 0 saturated heterocycles. The van der Waals surface area contributed by atoms with E-state index in [0.717, 1.165) is 39.9 Å². The summed E-state index contributed by atoms with van der Waals surface area (Å²) in [6.07, 6.45) is 6.04. The minimum Gasteiger partial charge on any atom is -0.334 e. The second kappa shape index (κ2) is 10.6. The van der Waals surface area contributed by atoms with Crippen LogP contribution in [0, 0.1) is 0 Å². The van der Waals surface area contributed by atoms with Crippen LogP contribution >= 0.6 is 0 Å². The first-order valence-corrected chi connectivity index (χ1v) is 16.0. The van der Waals surface area contributed by atoms with Gasteiger partial charge in [0.2, 0.25) is 0 Å². The zero-order valence-corrected chi connectivity index (χ0v) is 23.3. The molecular formula is C29H26N4O5S2. The Hall–Kier alpha value is -4.48. The summed E-state index contributed by atoms with van der Waals surface area (Å²) < 4.78 is 48.6. The number of aromatic nitrogens is 2. The highest BCUT2D eigenvalue weighted by molar-refractivity contribution is 7.91.